The van der Waals surface area contributed by atoms with Crippen molar-refractivity contribution in [3.63, 3.8) is 0 Å². The second kappa shape index (κ2) is 8.16. The van der Waals surface area contributed by atoms with Gasteiger partial charge in [-0.2, -0.15) is 4.31 Å². The third-order valence-electron chi connectivity index (χ3n) is 4.43. The maximum Gasteiger partial charge on any atom is 0.251 e. The van der Waals surface area contributed by atoms with Gasteiger partial charge in [0.05, 0.1) is 18.1 Å². The van der Waals surface area contributed by atoms with Crippen LogP contribution in [-0.2, 0) is 21.3 Å². The number of sulfonamides is 1. The molecule has 144 valence electrons. The average Bonchev–Trinajstić information content (AvgIpc) is 2.67. The molecule has 0 radical (unpaired) electrons. The minimum Gasteiger partial charge on any atom is -0.378 e. The molecular weight excluding hydrogens is 371 g/mol. The largest absolute Gasteiger partial charge is 0.378 e. The summed E-state index contributed by atoms with van der Waals surface area (Å²) in [7, 11) is -3.64. The van der Waals surface area contributed by atoms with Crippen LogP contribution in [0.2, 0.25) is 0 Å². The summed E-state index contributed by atoms with van der Waals surface area (Å²) >= 11 is 0. The van der Waals surface area contributed by atoms with Crippen LogP contribution in [0.15, 0.2) is 53.4 Å². The van der Waals surface area contributed by atoms with Crippen LogP contribution in [0, 0.1) is 5.82 Å². The molecule has 1 N–H and O–H groups in total. The Hall–Kier alpha value is -2.29. The van der Waals surface area contributed by atoms with Gasteiger partial charge in [0.1, 0.15) is 5.82 Å². The maximum absolute atomic E-state index is 13.6. The van der Waals surface area contributed by atoms with Gasteiger partial charge in [0, 0.05) is 30.3 Å². The van der Waals surface area contributed by atoms with Gasteiger partial charge in [-0.25, -0.2) is 12.8 Å². The number of morpholine rings is 1. The van der Waals surface area contributed by atoms with Crippen LogP contribution in [0.1, 0.15) is 22.8 Å². The van der Waals surface area contributed by atoms with Crippen LogP contribution in [0.3, 0.4) is 0 Å². The molecule has 0 bridgehead atoms. The fourth-order valence-electron chi connectivity index (χ4n) is 2.90. The molecule has 1 heterocycles. The number of hydrogen-bond donors (Lipinski definition) is 1. The van der Waals surface area contributed by atoms with E-state index in [4.69, 9.17) is 4.74 Å². The molecule has 1 amide bonds. The lowest BCUT2D eigenvalue weighted by Gasteiger charge is -2.32. The van der Waals surface area contributed by atoms with E-state index in [0.717, 1.165) is 0 Å². The molecule has 1 unspecified atom stereocenters. The highest BCUT2D eigenvalue weighted by Gasteiger charge is 2.31. The standard InChI is InChI=1S/C19H21FN2O4S/c1-14-13-26-11-10-22(14)27(24,25)17-8-6-15(7-9-17)19(23)21-12-16-4-2-3-5-18(16)20/h2-9,14H,10-13H2,1H3,(H,21,23). The lowest BCUT2D eigenvalue weighted by molar-refractivity contribution is 0.0393. The van der Waals surface area contributed by atoms with Crippen molar-refractivity contribution in [1.29, 1.82) is 0 Å². The Morgan fingerprint density at radius 2 is 1.93 bits per heavy atom. The van der Waals surface area contributed by atoms with Gasteiger partial charge in [0.2, 0.25) is 10.0 Å². The molecule has 2 aromatic rings. The van der Waals surface area contributed by atoms with Crippen LogP contribution in [0.25, 0.3) is 0 Å². The Kier molecular flexibility index (Phi) is 5.88. The molecule has 1 saturated heterocycles. The lowest BCUT2D eigenvalue weighted by Crippen LogP contribution is -2.46. The summed E-state index contributed by atoms with van der Waals surface area (Å²) < 4.78 is 45.8. The molecular formula is C19H21FN2O4S. The van der Waals surface area contributed by atoms with Gasteiger partial charge in [-0.1, -0.05) is 18.2 Å². The molecule has 8 heteroatoms. The monoisotopic (exact) mass is 392 g/mol. The lowest BCUT2D eigenvalue weighted by atomic mass is 10.2. The normalized spacial score (nSPS) is 18.2. The SMILES string of the molecule is CC1COCCN1S(=O)(=O)c1ccc(C(=O)NCc2ccccc2F)cc1. The third-order valence-corrected chi connectivity index (χ3v) is 6.45. The summed E-state index contributed by atoms with van der Waals surface area (Å²) in [6.45, 7) is 2.86. The number of hydrogen-bond acceptors (Lipinski definition) is 4. The van der Waals surface area contributed by atoms with Crippen LogP contribution < -0.4 is 5.32 Å². The van der Waals surface area contributed by atoms with Gasteiger partial charge in [-0.15, -0.1) is 0 Å². The summed E-state index contributed by atoms with van der Waals surface area (Å²) in [5.74, 6) is -0.791. The molecule has 2 aromatic carbocycles. The van der Waals surface area contributed by atoms with E-state index in [9.17, 15) is 17.6 Å². The van der Waals surface area contributed by atoms with Crippen LogP contribution in [0.4, 0.5) is 4.39 Å². The number of amides is 1. The summed E-state index contributed by atoms with van der Waals surface area (Å²) in [5.41, 5.74) is 0.687. The van der Waals surface area contributed by atoms with Gasteiger partial charge in [0.15, 0.2) is 0 Å². The fraction of sp³-hybridized carbons (Fsp3) is 0.316. The number of carbonyl (C=O) groups excluding carboxylic acids is 1. The summed E-state index contributed by atoms with van der Waals surface area (Å²) in [4.78, 5) is 12.4. The molecule has 27 heavy (non-hydrogen) atoms. The van der Waals surface area contributed by atoms with Gasteiger partial charge in [-0.3, -0.25) is 4.79 Å². The Bertz CT molecular complexity index is 916. The third kappa shape index (κ3) is 4.35. The Labute approximate surface area is 158 Å². The summed E-state index contributed by atoms with van der Waals surface area (Å²) in [5, 5.41) is 2.63. The van der Waals surface area contributed by atoms with Gasteiger partial charge in [0.25, 0.3) is 5.91 Å². The first-order valence-electron chi connectivity index (χ1n) is 8.61. The number of benzene rings is 2. The van der Waals surface area contributed by atoms with Gasteiger partial charge >= 0.3 is 0 Å². The quantitative estimate of drug-likeness (QED) is 0.846. The zero-order valence-corrected chi connectivity index (χ0v) is 15.7. The maximum atomic E-state index is 13.6. The van der Waals surface area contributed by atoms with E-state index in [1.165, 1.54) is 34.6 Å². The summed E-state index contributed by atoms with van der Waals surface area (Å²) in [6, 6.07) is 11.7. The van der Waals surface area contributed by atoms with Crippen molar-refractivity contribution in [2.24, 2.45) is 0 Å². The number of nitrogens with one attached hydrogen (secondary N) is 1. The molecule has 0 aromatic heterocycles. The van der Waals surface area contributed by atoms with Crippen molar-refractivity contribution in [2.45, 2.75) is 24.4 Å². The molecule has 0 spiro atoms. The second-order valence-corrected chi connectivity index (χ2v) is 8.23. The van der Waals surface area contributed by atoms with E-state index in [-0.39, 0.29) is 23.3 Å². The Morgan fingerprint density at radius 1 is 1.22 bits per heavy atom. The van der Waals surface area contributed by atoms with E-state index < -0.39 is 15.9 Å². The minimum atomic E-state index is -3.64. The smallest absolute Gasteiger partial charge is 0.251 e. The minimum absolute atomic E-state index is 0.0524. The zero-order valence-electron chi connectivity index (χ0n) is 14.9. The highest BCUT2D eigenvalue weighted by atomic mass is 32.2. The Morgan fingerprint density at radius 3 is 2.59 bits per heavy atom. The van der Waals surface area contributed by atoms with E-state index in [1.54, 1.807) is 25.1 Å². The first kappa shape index (κ1) is 19.5. The number of carbonyl (C=O) groups is 1. The van der Waals surface area contributed by atoms with E-state index >= 15 is 0 Å². The van der Waals surface area contributed by atoms with E-state index in [1.807, 2.05) is 0 Å². The zero-order chi connectivity index (χ0) is 19.4. The first-order chi connectivity index (χ1) is 12.9. The first-order valence-corrected chi connectivity index (χ1v) is 10.0. The van der Waals surface area contributed by atoms with Gasteiger partial charge < -0.3 is 10.1 Å². The number of rotatable bonds is 5. The average molecular weight is 392 g/mol. The van der Waals surface area contributed by atoms with Crippen molar-refractivity contribution in [3.05, 3.63) is 65.5 Å². The fourth-order valence-corrected chi connectivity index (χ4v) is 4.50. The molecule has 3 rings (SSSR count). The molecule has 1 aliphatic heterocycles. The summed E-state index contributed by atoms with van der Waals surface area (Å²) in [6.07, 6.45) is 0. The number of halogens is 1. The van der Waals surface area contributed by atoms with Gasteiger partial charge in [-0.05, 0) is 37.3 Å². The van der Waals surface area contributed by atoms with E-state index in [2.05, 4.69) is 5.32 Å². The molecule has 1 aliphatic rings. The Balaban J connectivity index is 1.69. The molecule has 1 fully saturated rings. The predicted molar refractivity (Wildman–Crippen MR) is 98.2 cm³/mol. The second-order valence-electron chi connectivity index (χ2n) is 6.34. The van der Waals surface area contributed by atoms with Crippen molar-refractivity contribution in [1.82, 2.24) is 9.62 Å². The number of nitrogens with zero attached hydrogens (tertiary/aromatic N) is 1. The van der Waals surface area contributed by atoms with E-state index in [0.29, 0.717) is 30.9 Å². The molecule has 0 aliphatic carbocycles. The highest BCUT2D eigenvalue weighted by molar-refractivity contribution is 7.89. The van der Waals surface area contributed by atoms with Crippen LogP contribution in [-0.4, -0.2) is 44.4 Å². The molecule has 0 saturated carbocycles. The van der Waals surface area contributed by atoms with Crippen LogP contribution >= 0.6 is 0 Å². The molecule has 1 atom stereocenters. The predicted octanol–water partition coefficient (Wildman–Crippen LogP) is 2.17. The van der Waals surface area contributed by atoms with Crippen molar-refractivity contribution in [2.75, 3.05) is 19.8 Å². The topological polar surface area (TPSA) is 75.7 Å². The molecule has 6 nitrogen and oxygen atoms in total. The van der Waals surface area contributed by atoms with Crippen molar-refractivity contribution in [3.8, 4) is 0 Å². The van der Waals surface area contributed by atoms with Crippen molar-refractivity contribution < 1.29 is 22.3 Å². The highest BCUT2D eigenvalue weighted by Crippen LogP contribution is 2.21. The number of ether oxygens (including phenoxy) is 1. The van der Waals surface area contributed by atoms with Crippen molar-refractivity contribution >= 4 is 15.9 Å². The van der Waals surface area contributed by atoms with Crippen LogP contribution in [0.5, 0.6) is 0 Å².